The van der Waals surface area contributed by atoms with Gasteiger partial charge in [-0.15, -0.1) is 0 Å². The number of likely N-dealkylation sites (N-methyl/N-ethyl adjacent to an activating group) is 1. The topological polar surface area (TPSA) is 64.7 Å². The second-order valence-electron chi connectivity index (χ2n) is 6.80. The third-order valence-electron chi connectivity index (χ3n) is 4.59. The van der Waals surface area contributed by atoms with E-state index in [1.54, 1.807) is 25.2 Å². The van der Waals surface area contributed by atoms with Crippen LogP contribution in [0.2, 0.25) is 0 Å². The van der Waals surface area contributed by atoms with Gasteiger partial charge in [0.2, 0.25) is 5.91 Å². The van der Waals surface area contributed by atoms with Crippen LogP contribution in [0.25, 0.3) is 0 Å². The predicted molar refractivity (Wildman–Crippen MR) is 110 cm³/mol. The standard InChI is InChI=1S/C21H28N4O2/c1-15-9-6-7-12-19(15)20(24(3)4)14-22-21(27)23-17-10-8-11-18(13-17)25(5)16(2)26/h6-13,20H,14H2,1-5H3,(H2,22,23,27)/t20-/m0/s1. The molecular weight excluding hydrogens is 340 g/mol. The second-order valence-corrected chi connectivity index (χ2v) is 6.80. The normalized spacial score (nSPS) is 11.8. The van der Waals surface area contributed by atoms with E-state index in [4.69, 9.17) is 0 Å². The summed E-state index contributed by atoms with van der Waals surface area (Å²) < 4.78 is 0. The Bertz CT molecular complexity index is 804. The number of nitrogens with one attached hydrogen (secondary N) is 2. The highest BCUT2D eigenvalue weighted by Gasteiger charge is 2.17. The highest BCUT2D eigenvalue weighted by atomic mass is 16.2. The molecule has 0 aliphatic carbocycles. The number of carbonyl (C=O) groups is 2. The lowest BCUT2D eigenvalue weighted by molar-refractivity contribution is -0.116. The van der Waals surface area contributed by atoms with E-state index >= 15 is 0 Å². The molecule has 0 heterocycles. The van der Waals surface area contributed by atoms with Crippen LogP contribution in [0.3, 0.4) is 0 Å². The Balaban J connectivity index is 2.02. The molecule has 0 bridgehead atoms. The number of rotatable bonds is 6. The van der Waals surface area contributed by atoms with Gasteiger partial charge in [0, 0.05) is 31.9 Å². The average Bonchev–Trinajstić information content (AvgIpc) is 2.62. The van der Waals surface area contributed by atoms with E-state index < -0.39 is 0 Å². The average molecular weight is 368 g/mol. The summed E-state index contributed by atoms with van der Waals surface area (Å²) in [6.45, 7) is 4.05. The fourth-order valence-electron chi connectivity index (χ4n) is 2.87. The van der Waals surface area contributed by atoms with E-state index in [1.165, 1.54) is 23.0 Å². The summed E-state index contributed by atoms with van der Waals surface area (Å²) in [5, 5.41) is 5.77. The van der Waals surface area contributed by atoms with Crippen LogP contribution in [-0.2, 0) is 4.79 Å². The van der Waals surface area contributed by atoms with Crippen LogP contribution >= 0.6 is 0 Å². The summed E-state index contributed by atoms with van der Waals surface area (Å²) >= 11 is 0. The summed E-state index contributed by atoms with van der Waals surface area (Å²) in [4.78, 5) is 27.5. The molecule has 0 radical (unpaired) electrons. The first-order valence-corrected chi connectivity index (χ1v) is 8.90. The molecule has 6 nitrogen and oxygen atoms in total. The second kappa shape index (κ2) is 9.19. The van der Waals surface area contributed by atoms with Gasteiger partial charge in [-0.1, -0.05) is 30.3 Å². The fraction of sp³-hybridized carbons (Fsp3) is 0.333. The van der Waals surface area contributed by atoms with Gasteiger partial charge in [0.1, 0.15) is 0 Å². The number of anilines is 2. The van der Waals surface area contributed by atoms with E-state index in [-0.39, 0.29) is 18.0 Å². The maximum Gasteiger partial charge on any atom is 0.319 e. The van der Waals surface area contributed by atoms with Crippen molar-refractivity contribution in [3.05, 3.63) is 59.7 Å². The molecule has 0 aromatic heterocycles. The maximum absolute atomic E-state index is 12.3. The van der Waals surface area contributed by atoms with E-state index in [9.17, 15) is 9.59 Å². The molecule has 0 saturated heterocycles. The van der Waals surface area contributed by atoms with Crippen molar-refractivity contribution in [2.75, 3.05) is 37.9 Å². The zero-order valence-corrected chi connectivity index (χ0v) is 16.6. The zero-order valence-electron chi connectivity index (χ0n) is 16.6. The van der Waals surface area contributed by atoms with Crippen molar-refractivity contribution >= 4 is 23.3 Å². The molecule has 27 heavy (non-hydrogen) atoms. The first kappa shape index (κ1) is 20.5. The van der Waals surface area contributed by atoms with Crippen LogP contribution in [0.1, 0.15) is 24.1 Å². The Morgan fingerprint density at radius 2 is 1.74 bits per heavy atom. The Kier molecular flexibility index (Phi) is 6.96. The van der Waals surface area contributed by atoms with Crippen LogP contribution in [0.15, 0.2) is 48.5 Å². The molecule has 2 aromatic carbocycles. The minimum atomic E-state index is -0.280. The Morgan fingerprint density at radius 3 is 2.37 bits per heavy atom. The molecule has 2 aromatic rings. The zero-order chi connectivity index (χ0) is 20.0. The predicted octanol–water partition coefficient (Wildman–Crippen LogP) is 3.40. The molecule has 1 atom stereocenters. The largest absolute Gasteiger partial charge is 0.336 e. The van der Waals surface area contributed by atoms with Gasteiger partial charge in [0.05, 0.1) is 6.04 Å². The molecule has 2 N–H and O–H groups in total. The lowest BCUT2D eigenvalue weighted by atomic mass is 10.0. The lowest BCUT2D eigenvalue weighted by Crippen LogP contribution is -2.37. The van der Waals surface area contributed by atoms with Crippen molar-refractivity contribution in [2.45, 2.75) is 19.9 Å². The molecule has 0 saturated carbocycles. The van der Waals surface area contributed by atoms with Gasteiger partial charge in [0.25, 0.3) is 0 Å². The number of carbonyl (C=O) groups excluding carboxylic acids is 2. The summed E-state index contributed by atoms with van der Waals surface area (Å²) in [7, 11) is 5.70. The number of benzene rings is 2. The highest BCUT2D eigenvalue weighted by molar-refractivity contribution is 5.93. The Hall–Kier alpha value is -2.86. The quantitative estimate of drug-likeness (QED) is 0.821. The van der Waals surface area contributed by atoms with Gasteiger partial charge in [-0.3, -0.25) is 4.79 Å². The monoisotopic (exact) mass is 368 g/mol. The minimum Gasteiger partial charge on any atom is -0.336 e. The molecule has 2 rings (SSSR count). The molecular formula is C21H28N4O2. The third kappa shape index (κ3) is 5.56. The van der Waals surface area contributed by atoms with E-state index in [0.717, 1.165) is 5.69 Å². The van der Waals surface area contributed by atoms with Crippen molar-refractivity contribution in [3.63, 3.8) is 0 Å². The van der Waals surface area contributed by atoms with Crippen LogP contribution in [-0.4, -0.2) is 44.5 Å². The molecule has 6 heteroatoms. The molecule has 144 valence electrons. The number of aryl methyl sites for hydroxylation is 1. The fourth-order valence-corrected chi connectivity index (χ4v) is 2.87. The van der Waals surface area contributed by atoms with Crippen LogP contribution < -0.4 is 15.5 Å². The third-order valence-corrected chi connectivity index (χ3v) is 4.59. The van der Waals surface area contributed by atoms with Gasteiger partial charge in [-0.2, -0.15) is 0 Å². The summed E-state index contributed by atoms with van der Waals surface area (Å²) in [6, 6.07) is 15.2. The first-order valence-electron chi connectivity index (χ1n) is 8.90. The number of nitrogens with zero attached hydrogens (tertiary/aromatic N) is 2. The first-order chi connectivity index (χ1) is 12.8. The van der Waals surface area contributed by atoms with Crippen molar-refractivity contribution in [3.8, 4) is 0 Å². The summed E-state index contributed by atoms with van der Waals surface area (Å²) in [5.41, 5.74) is 3.74. The number of urea groups is 1. The highest BCUT2D eigenvalue weighted by Crippen LogP contribution is 2.21. The molecule has 0 aliphatic heterocycles. The maximum atomic E-state index is 12.3. The summed E-state index contributed by atoms with van der Waals surface area (Å²) in [5.74, 6) is -0.0661. The van der Waals surface area contributed by atoms with Gasteiger partial charge in [-0.05, 0) is 50.3 Å². The SMILES string of the molecule is CC(=O)N(C)c1cccc(NC(=O)NC[C@@H](c2ccccc2C)N(C)C)c1. The van der Waals surface area contributed by atoms with E-state index in [0.29, 0.717) is 12.2 Å². The summed E-state index contributed by atoms with van der Waals surface area (Å²) in [6.07, 6.45) is 0. The molecule has 0 aliphatic rings. The van der Waals surface area contributed by atoms with Gasteiger partial charge in [-0.25, -0.2) is 4.79 Å². The van der Waals surface area contributed by atoms with Gasteiger partial charge >= 0.3 is 6.03 Å². The van der Waals surface area contributed by atoms with Crippen molar-refractivity contribution in [1.29, 1.82) is 0 Å². The van der Waals surface area contributed by atoms with E-state index in [2.05, 4.69) is 34.6 Å². The molecule has 0 spiro atoms. The molecule has 0 fully saturated rings. The number of hydrogen-bond donors (Lipinski definition) is 2. The van der Waals surface area contributed by atoms with Crippen LogP contribution in [0.5, 0.6) is 0 Å². The number of amides is 3. The number of hydrogen-bond acceptors (Lipinski definition) is 3. The molecule has 3 amide bonds. The van der Waals surface area contributed by atoms with Crippen LogP contribution in [0, 0.1) is 6.92 Å². The molecule has 0 unspecified atom stereocenters. The van der Waals surface area contributed by atoms with Crippen molar-refractivity contribution in [1.82, 2.24) is 10.2 Å². The van der Waals surface area contributed by atoms with Gasteiger partial charge in [0.15, 0.2) is 0 Å². The van der Waals surface area contributed by atoms with Crippen molar-refractivity contribution < 1.29 is 9.59 Å². The van der Waals surface area contributed by atoms with E-state index in [1.807, 2.05) is 32.3 Å². The van der Waals surface area contributed by atoms with Crippen molar-refractivity contribution in [2.24, 2.45) is 0 Å². The smallest absolute Gasteiger partial charge is 0.319 e. The Labute approximate surface area is 161 Å². The van der Waals surface area contributed by atoms with Gasteiger partial charge < -0.3 is 20.4 Å². The Morgan fingerprint density at radius 1 is 1.04 bits per heavy atom. The minimum absolute atomic E-state index is 0.0661. The lowest BCUT2D eigenvalue weighted by Gasteiger charge is -2.26. The van der Waals surface area contributed by atoms with Crippen LogP contribution in [0.4, 0.5) is 16.2 Å².